The molecule has 0 aliphatic heterocycles. The van der Waals surface area contributed by atoms with Gasteiger partial charge in [-0.05, 0) is 97.6 Å². The molecule has 2 aromatic carbocycles. The van der Waals surface area contributed by atoms with Gasteiger partial charge in [-0.15, -0.1) is 0 Å². The summed E-state index contributed by atoms with van der Waals surface area (Å²) in [6.45, 7) is 0. The molecule has 4 nitrogen and oxygen atoms in total. The fourth-order valence-electron chi connectivity index (χ4n) is 7.09. The van der Waals surface area contributed by atoms with E-state index in [1.807, 2.05) is 18.2 Å². The molecule has 1 aromatic heterocycles. The van der Waals surface area contributed by atoms with Crippen LogP contribution in [0, 0.1) is 17.8 Å². The summed E-state index contributed by atoms with van der Waals surface area (Å²) in [4.78, 5) is 18.2. The molecule has 1 amide bonds. The Morgan fingerprint density at radius 3 is 2.32 bits per heavy atom. The molecule has 4 saturated carbocycles. The van der Waals surface area contributed by atoms with E-state index in [0.29, 0.717) is 26.3 Å². The smallest absolute Gasteiger partial charge is 0.287 e. The highest BCUT2D eigenvalue weighted by Gasteiger charge is 2.52. The van der Waals surface area contributed by atoms with Gasteiger partial charge in [-0.25, -0.2) is 4.98 Å². The van der Waals surface area contributed by atoms with Gasteiger partial charge in [0.05, 0.1) is 10.5 Å². The molecule has 0 spiro atoms. The fourth-order valence-corrected chi connectivity index (χ4v) is 7.75. The third-order valence-electron chi connectivity index (χ3n) is 8.02. The lowest BCUT2D eigenvalue weighted by atomic mass is 9.48. The van der Waals surface area contributed by atoms with Gasteiger partial charge in [0.15, 0.2) is 0 Å². The lowest BCUT2D eigenvalue weighted by Gasteiger charge is -2.57. The number of fused-ring (bicyclic) bond motifs is 1. The zero-order chi connectivity index (χ0) is 23.4. The van der Waals surface area contributed by atoms with Crippen LogP contribution in [0.4, 0.5) is 0 Å². The van der Waals surface area contributed by atoms with Gasteiger partial charge < -0.3 is 0 Å². The highest BCUT2D eigenvalue weighted by molar-refractivity contribution is 7.80. The lowest BCUT2D eigenvalue weighted by Crippen LogP contribution is -2.48. The minimum absolute atomic E-state index is 0.156. The zero-order valence-corrected chi connectivity index (χ0v) is 20.9. The molecule has 174 valence electrons. The second kappa shape index (κ2) is 8.47. The van der Waals surface area contributed by atoms with Crippen LogP contribution in [0.3, 0.4) is 0 Å². The zero-order valence-electron chi connectivity index (χ0n) is 18.6. The van der Waals surface area contributed by atoms with Gasteiger partial charge in [-0.3, -0.25) is 15.6 Å². The van der Waals surface area contributed by atoms with E-state index in [1.54, 1.807) is 18.2 Å². The number of hydrogen-bond acceptors (Lipinski definition) is 3. The van der Waals surface area contributed by atoms with E-state index in [2.05, 4.69) is 23.0 Å². The summed E-state index contributed by atoms with van der Waals surface area (Å²) < 4.78 is 0. The van der Waals surface area contributed by atoms with E-state index in [-0.39, 0.29) is 11.3 Å². The number of para-hydroxylation sites is 1. The Morgan fingerprint density at radius 2 is 1.62 bits per heavy atom. The van der Waals surface area contributed by atoms with Crippen molar-refractivity contribution in [1.29, 1.82) is 0 Å². The number of nitrogens with zero attached hydrogens (tertiary/aromatic N) is 1. The molecule has 34 heavy (non-hydrogen) atoms. The summed E-state index contributed by atoms with van der Waals surface area (Å²) in [5.41, 5.74) is 8.81. The van der Waals surface area contributed by atoms with Crippen molar-refractivity contribution in [1.82, 2.24) is 15.8 Å². The first-order valence-electron chi connectivity index (χ1n) is 11.9. The molecule has 0 atom stereocenters. The SMILES string of the molecule is O=C(NNC(=S)c1cc(Cl)ccc1Cl)c1cc(C23CC4CC(CC(C4)C2)C3)c2ccccc2n1. The number of benzene rings is 2. The summed E-state index contributed by atoms with van der Waals surface area (Å²) in [5, 5.41) is 2.16. The minimum atomic E-state index is -0.322. The number of halogens is 2. The first-order chi connectivity index (χ1) is 16.4. The van der Waals surface area contributed by atoms with Gasteiger partial charge in [0, 0.05) is 16.0 Å². The topological polar surface area (TPSA) is 54.0 Å². The van der Waals surface area contributed by atoms with E-state index < -0.39 is 0 Å². The molecule has 2 N–H and O–H groups in total. The first kappa shape index (κ1) is 22.3. The number of nitrogens with one attached hydrogen (secondary N) is 2. The van der Waals surface area contributed by atoms with Crippen LogP contribution in [0.15, 0.2) is 48.5 Å². The number of aromatic nitrogens is 1. The quantitative estimate of drug-likeness (QED) is 0.307. The average molecular weight is 510 g/mol. The molecule has 4 aliphatic rings. The second-order valence-corrected chi connectivity index (χ2v) is 11.6. The Bertz CT molecular complexity index is 1290. The van der Waals surface area contributed by atoms with Crippen molar-refractivity contribution in [2.45, 2.75) is 43.9 Å². The minimum Gasteiger partial charge on any atom is -0.287 e. The number of hydrogen-bond donors (Lipinski definition) is 2. The van der Waals surface area contributed by atoms with Crippen molar-refractivity contribution < 1.29 is 4.79 Å². The predicted molar refractivity (Wildman–Crippen MR) is 140 cm³/mol. The Balaban J connectivity index is 1.31. The highest BCUT2D eigenvalue weighted by atomic mass is 35.5. The highest BCUT2D eigenvalue weighted by Crippen LogP contribution is 2.61. The molecule has 0 unspecified atom stereocenters. The molecule has 4 fully saturated rings. The van der Waals surface area contributed by atoms with E-state index >= 15 is 0 Å². The van der Waals surface area contributed by atoms with Gasteiger partial charge in [-0.2, -0.15) is 0 Å². The molecule has 3 aromatic rings. The number of carbonyl (C=O) groups is 1. The van der Waals surface area contributed by atoms with Crippen LogP contribution in [0.2, 0.25) is 10.0 Å². The van der Waals surface area contributed by atoms with E-state index in [1.165, 1.54) is 49.5 Å². The molecule has 4 aliphatic carbocycles. The van der Waals surface area contributed by atoms with Gasteiger partial charge in [0.2, 0.25) is 0 Å². The van der Waals surface area contributed by atoms with Crippen LogP contribution < -0.4 is 10.9 Å². The van der Waals surface area contributed by atoms with Crippen molar-refractivity contribution in [2.75, 3.05) is 0 Å². The largest absolute Gasteiger partial charge is 0.288 e. The molecule has 0 radical (unpaired) electrons. The van der Waals surface area contributed by atoms with Gasteiger partial charge in [0.1, 0.15) is 10.7 Å². The monoisotopic (exact) mass is 509 g/mol. The number of pyridine rings is 1. The Kier molecular flexibility index (Phi) is 5.55. The molecule has 7 rings (SSSR count). The average Bonchev–Trinajstić information content (AvgIpc) is 2.82. The summed E-state index contributed by atoms with van der Waals surface area (Å²) in [5.74, 6) is 2.13. The Labute approximate surface area is 214 Å². The van der Waals surface area contributed by atoms with Crippen LogP contribution in [-0.2, 0) is 5.41 Å². The van der Waals surface area contributed by atoms with Gasteiger partial charge >= 0.3 is 0 Å². The van der Waals surface area contributed by atoms with Gasteiger partial charge in [0.25, 0.3) is 5.91 Å². The molecule has 1 heterocycles. The normalized spacial score (nSPS) is 27.1. The molecule has 0 saturated heterocycles. The van der Waals surface area contributed by atoms with Crippen molar-refractivity contribution in [2.24, 2.45) is 17.8 Å². The van der Waals surface area contributed by atoms with Crippen LogP contribution in [0.25, 0.3) is 10.9 Å². The maximum atomic E-state index is 13.2. The van der Waals surface area contributed by atoms with Crippen molar-refractivity contribution in [3.05, 3.63) is 75.4 Å². The standard InChI is InChI=1S/C27H25Cl2N3OS/c28-18-5-6-22(29)20(10-18)26(34)32-31-25(33)24-11-21(19-3-1-2-4-23(19)30-24)27-12-15-7-16(13-27)9-17(8-15)14-27/h1-6,10-11,15-17H,7-9,12-14H2,(H,31,33)(H,32,34). The molecule has 4 bridgehead atoms. The van der Waals surface area contributed by atoms with Crippen LogP contribution in [-0.4, -0.2) is 15.9 Å². The van der Waals surface area contributed by atoms with Crippen LogP contribution >= 0.6 is 35.4 Å². The van der Waals surface area contributed by atoms with Crippen LogP contribution in [0.5, 0.6) is 0 Å². The number of carbonyl (C=O) groups excluding carboxylic acids is 1. The molecular formula is C27H25Cl2N3OS. The number of amides is 1. The second-order valence-electron chi connectivity index (χ2n) is 10.3. The van der Waals surface area contributed by atoms with Crippen molar-refractivity contribution >= 4 is 57.2 Å². The van der Waals surface area contributed by atoms with Gasteiger partial charge in [-0.1, -0.05) is 53.6 Å². The van der Waals surface area contributed by atoms with Crippen molar-refractivity contribution in [3.8, 4) is 0 Å². The number of hydrazine groups is 1. The fraction of sp³-hybridized carbons (Fsp3) is 0.370. The van der Waals surface area contributed by atoms with Crippen molar-refractivity contribution in [3.63, 3.8) is 0 Å². The van der Waals surface area contributed by atoms with Crippen LogP contribution in [0.1, 0.15) is 60.1 Å². The van der Waals surface area contributed by atoms with E-state index in [4.69, 9.17) is 40.4 Å². The summed E-state index contributed by atoms with van der Waals surface area (Å²) >= 11 is 17.8. The summed E-state index contributed by atoms with van der Waals surface area (Å²) in [6, 6.07) is 15.3. The maximum absolute atomic E-state index is 13.2. The summed E-state index contributed by atoms with van der Waals surface area (Å²) in [6.07, 6.45) is 7.81. The summed E-state index contributed by atoms with van der Waals surface area (Å²) in [7, 11) is 0. The lowest BCUT2D eigenvalue weighted by molar-refractivity contribution is -0.00454. The third kappa shape index (κ3) is 3.88. The van der Waals surface area contributed by atoms with E-state index in [9.17, 15) is 4.79 Å². The Hall–Kier alpha value is -2.21. The molecular weight excluding hydrogens is 485 g/mol. The number of thiocarbonyl (C=S) groups is 1. The number of rotatable bonds is 3. The third-order valence-corrected chi connectivity index (χ3v) is 8.91. The first-order valence-corrected chi connectivity index (χ1v) is 13.0. The maximum Gasteiger partial charge on any atom is 0.288 e. The Morgan fingerprint density at radius 1 is 0.941 bits per heavy atom. The predicted octanol–water partition coefficient (Wildman–Crippen LogP) is 6.62. The van der Waals surface area contributed by atoms with E-state index in [0.717, 1.165) is 23.3 Å². The molecule has 7 heteroatoms.